The van der Waals surface area contributed by atoms with Crippen LogP contribution in [-0.4, -0.2) is 54.2 Å². The van der Waals surface area contributed by atoms with Crippen molar-refractivity contribution < 1.29 is 18.3 Å². The number of nitrogens with zero attached hydrogens (tertiary/aromatic N) is 2. The molecule has 0 saturated carbocycles. The van der Waals surface area contributed by atoms with Crippen molar-refractivity contribution in [3.63, 3.8) is 0 Å². The highest BCUT2D eigenvalue weighted by molar-refractivity contribution is 5.68. The molecule has 1 fully saturated rings. The molecule has 7 heteroatoms. The van der Waals surface area contributed by atoms with Gasteiger partial charge in [0.1, 0.15) is 5.60 Å². The first-order chi connectivity index (χ1) is 10.0. The second-order valence-electron chi connectivity index (χ2n) is 6.52. The van der Waals surface area contributed by atoms with Crippen LogP contribution < -0.4 is 5.32 Å². The van der Waals surface area contributed by atoms with E-state index in [0.717, 1.165) is 5.70 Å². The van der Waals surface area contributed by atoms with Crippen LogP contribution in [0.1, 0.15) is 41.0 Å². The van der Waals surface area contributed by atoms with Crippen molar-refractivity contribution in [2.75, 3.05) is 20.1 Å². The maximum Gasteiger partial charge on any atom is 0.410 e. The summed E-state index contributed by atoms with van der Waals surface area (Å²) in [5.74, 6) is 0. The lowest BCUT2D eigenvalue weighted by molar-refractivity contribution is 0.00189. The first-order valence-electron chi connectivity index (χ1n) is 7.50. The number of alkyl halides is 2. The minimum Gasteiger partial charge on any atom is -0.444 e. The first-order valence-corrected chi connectivity index (χ1v) is 7.50. The highest BCUT2D eigenvalue weighted by Gasteiger charge is 2.35. The molecule has 1 N–H and O–H groups in total. The predicted octanol–water partition coefficient (Wildman–Crippen LogP) is 2.99. The Bertz CT molecular complexity index is 427. The number of rotatable bonds is 5. The minimum absolute atomic E-state index is 0.0377. The molecule has 0 aromatic heterocycles. The van der Waals surface area contributed by atoms with Crippen LogP contribution in [0.5, 0.6) is 0 Å². The van der Waals surface area contributed by atoms with Gasteiger partial charge in [-0.1, -0.05) is 6.92 Å². The number of hydrogen-bond donors (Lipinski definition) is 1. The number of carbonyl (C=O) groups excluding carboxylic acids is 1. The summed E-state index contributed by atoms with van der Waals surface area (Å²) in [7, 11) is 1.70. The topological polar surface area (TPSA) is 44.8 Å². The van der Waals surface area contributed by atoms with Crippen LogP contribution in [0.2, 0.25) is 0 Å². The van der Waals surface area contributed by atoms with Gasteiger partial charge in [-0.2, -0.15) is 8.78 Å². The standard InChI is InChI=1S/C15H27F2N3O2/c1-7-12(10(2)18-13(16)17)20-8-11(9-20)19(6)14(21)22-15(3,4)5/h11,13,18H,7-9H2,1-6H3/b12-10+. The van der Waals surface area contributed by atoms with E-state index in [2.05, 4.69) is 5.32 Å². The molecule has 1 aliphatic rings. The van der Waals surface area contributed by atoms with Gasteiger partial charge in [0.15, 0.2) is 0 Å². The monoisotopic (exact) mass is 319 g/mol. The maximum atomic E-state index is 12.4. The number of hydrogen-bond acceptors (Lipinski definition) is 4. The van der Waals surface area contributed by atoms with E-state index in [4.69, 9.17) is 4.74 Å². The van der Waals surface area contributed by atoms with Gasteiger partial charge in [0, 0.05) is 31.5 Å². The van der Waals surface area contributed by atoms with Crippen LogP contribution in [-0.2, 0) is 4.74 Å². The molecule has 1 saturated heterocycles. The molecule has 1 heterocycles. The highest BCUT2D eigenvalue weighted by atomic mass is 19.3. The fourth-order valence-electron chi connectivity index (χ4n) is 2.38. The Morgan fingerprint density at radius 2 is 1.95 bits per heavy atom. The van der Waals surface area contributed by atoms with Gasteiger partial charge in [0.25, 0.3) is 0 Å². The van der Waals surface area contributed by atoms with Crippen molar-refractivity contribution in [3.05, 3.63) is 11.4 Å². The van der Waals surface area contributed by atoms with Crippen LogP contribution in [0.25, 0.3) is 0 Å². The molecule has 0 unspecified atom stereocenters. The molecular weight excluding hydrogens is 292 g/mol. The summed E-state index contributed by atoms with van der Waals surface area (Å²) in [6.45, 7) is 7.73. The molecule has 5 nitrogen and oxygen atoms in total. The van der Waals surface area contributed by atoms with E-state index in [9.17, 15) is 13.6 Å². The molecule has 1 aliphatic heterocycles. The van der Waals surface area contributed by atoms with Gasteiger partial charge in [-0.05, 0) is 34.1 Å². The van der Waals surface area contributed by atoms with Crippen molar-refractivity contribution in [1.29, 1.82) is 0 Å². The van der Waals surface area contributed by atoms with Gasteiger partial charge in [-0.3, -0.25) is 0 Å². The second-order valence-corrected chi connectivity index (χ2v) is 6.52. The SMILES string of the molecule is CC/C(=C(/C)NC(F)F)N1CC(N(C)C(=O)OC(C)(C)C)C1. The van der Waals surface area contributed by atoms with Crippen molar-refractivity contribution >= 4 is 6.09 Å². The summed E-state index contributed by atoms with van der Waals surface area (Å²) in [5.41, 5.74) is 0.811. The summed E-state index contributed by atoms with van der Waals surface area (Å²) in [5, 5.41) is 2.14. The number of amides is 1. The predicted molar refractivity (Wildman–Crippen MR) is 81.5 cm³/mol. The van der Waals surface area contributed by atoms with E-state index in [1.54, 1.807) is 18.9 Å². The zero-order valence-corrected chi connectivity index (χ0v) is 14.2. The summed E-state index contributed by atoms with van der Waals surface area (Å²) in [6, 6.07) is 0.0377. The molecule has 1 rings (SSSR count). The largest absolute Gasteiger partial charge is 0.444 e. The van der Waals surface area contributed by atoms with Gasteiger partial charge in [-0.25, -0.2) is 4.79 Å². The molecule has 0 spiro atoms. The van der Waals surface area contributed by atoms with Crippen molar-refractivity contribution in [1.82, 2.24) is 15.1 Å². The van der Waals surface area contributed by atoms with E-state index in [1.165, 1.54) is 0 Å². The van der Waals surface area contributed by atoms with Crippen LogP contribution in [0.4, 0.5) is 13.6 Å². The Balaban J connectivity index is 2.58. The Morgan fingerprint density at radius 1 is 1.41 bits per heavy atom. The number of likely N-dealkylation sites (N-methyl/N-ethyl adjacent to an activating group) is 1. The normalized spacial score (nSPS) is 17.0. The van der Waals surface area contributed by atoms with Gasteiger partial charge < -0.3 is 19.9 Å². The fourth-order valence-corrected chi connectivity index (χ4v) is 2.38. The lowest BCUT2D eigenvalue weighted by atomic mass is 10.0. The van der Waals surface area contributed by atoms with E-state index in [1.807, 2.05) is 32.6 Å². The smallest absolute Gasteiger partial charge is 0.410 e. The van der Waals surface area contributed by atoms with Gasteiger partial charge in [-0.15, -0.1) is 0 Å². The number of likely N-dealkylation sites (tertiary alicyclic amines) is 1. The third kappa shape index (κ3) is 5.03. The highest BCUT2D eigenvalue weighted by Crippen LogP contribution is 2.24. The van der Waals surface area contributed by atoms with Crippen molar-refractivity contribution in [3.8, 4) is 0 Å². The number of carbonyl (C=O) groups is 1. The molecule has 128 valence electrons. The van der Waals surface area contributed by atoms with Gasteiger partial charge in [0.2, 0.25) is 0 Å². The summed E-state index contributed by atoms with van der Waals surface area (Å²) in [4.78, 5) is 15.6. The summed E-state index contributed by atoms with van der Waals surface area (Å²) < 4.78 is 30.1. The summed E-state index contributed by atoms with van der Waals surface area (Å²) in [6.07, 6.45) is 0.302. The molecule has 0 aromatic rings. The van der Waals surface area contributed by atoms with E-state index in [0.29, 0.717) is 25.2 Å². The van der Waals surface area contributed by atoms with E-state index >= 15 is 0 Å². The first kappa shape index (κ1) is 18.5. The molecule has 0 atom stereocenters. The Kier molecular flexibility index (Phi) is 6.02. The number of nitrogens with one attached hydrogen (secondary N) is 1. The van der Waals surface area contributed by atoms with Gasteiger partial charge in [0.05, 0.1) is 6.04 Å². The molecule has 0 aliphatic carbocycles. The van der Waals surface area contributed by atoms with E-state index in [-0.39, 0.29) is 12.1 Å². The van der Waals surface area contributed by atoms with Crippen molar-refractivity contribution in [2.45, 2.75) is 59.2 Å². The molecule has 1 amide bonds. The molecule has 0 bridgehead atoms. The van der Waals surface area contributed by atoms with Crippen LogP contribution in [0.3, 0.4) is 0 Å². The molecular formula is C15H27F2N3O2. The van der Waals surface area contributed by atoms with E-state index < -0.39 is 12.2 Å². The Hall–Kier alpha value is -1.53. The Morgan fingerprint density at radius 3 is 2.36 bits per heavy atom. The lowest BCUT2D eigenvalue weighted by Crippen LogP contribution is -2.59. The third-order valence-electron chi connectivity index (χ3n) is 3.57. The molecule has 22 heavy (non-hydrogen) atoms. The number of ether oxygens (including phenoxy) is 1. The molecule has 0 radical (unpaired) electrons. The number of allylic oxidation sites excluding steroid dienone is 2. The zero-order chi connectivity index (χ0) is 17.1. The maximum absolute atomic E-state index is 12.4. The fraction of sp³-hybridized carbons (Fsp3) is 0.800. The Labute approximate surface area is 131 Å². The lowest BCUT2D eigenvalue weighted by Gasteiger charge is -2.46. The second kappa shape index (κ2) is 7.15. The van der Waals surface area contributed by atoms with Crippen LogP contribution in [0.15, 0.2) is 11.4 Å². The van der Waals surface area contributed by atoms with Gasteiger partial charge >= 0.3 is 12.6 Å². The summed E-state index contributed by atoms with van der Waals surface area (Å²) >= 11 is 0. The average Bonchev–Trinajstić information content (AvgIpc) is 2.28. The third-order valence-corrected chi connectivity index (χ3v) is 3.57. The molecule has 0 aromatic carbocycles. The van der Waals surface area contributed by atoms with Crippen LogP contribution >= 0.6 is 0 Å². The minimum atomic E-state index is -2.57. The van der Waals surface area contributed by atoms with Crippen molar-refractivity contribution in [2.24, 2.45) is 0 Å². The zero-order valence-electron chi connectivity index (χ0n) is 14.2. The van der Waals surface area contributed by atoms with Crippen LogP contribution in [0, 0.1) is 0 Å². The average molecular weight is 319 g/mol. The number of halogens is 2. The quantitative estimate of drug-likeness (QED) is 0.791.